The van der Waals surface area contributed by atoms with Crippen molar-refractivity contribution in [2.24, 2.45) is 0 Å². The highest BCUT2D eigenvalue weighted by molar-refractivity contribution is 7.89. The number of hydrogen-bond donors (Lipinski definition) is 1. The van der Waals surface area contributed by atoms with Crippen molar-refractivity contribution in [1.82, 2.24) is 9.71 Å². The molecule has 1 heterocycles. The Morgan fingerprint density at radius 3 is 2.53 bits per heavy atom. The molecule has 1 aromatic rings. The van der Waals surface area contributed by atoms with E-state index < -0.39 is 29.4 Å². The van der Waals surface area contributed by atoms with Crippen molar-refractivity contribution < 1.29 is 17.2 Å². The van der Waals surface area contributed by atoms with Gasteiger partial charge in [0.1, 0.15) is 18.2 Å². The van der Waals surface area contributed by atoms with E-state index in [2.05, 4.69) is 4.98 Å². The molecule has 4 nitrogen and oxygen atoms in total. The lowest BCUT2D eigenvalue weighted by Crippen LogP contribution is -2.37. The lowest BCUT2D eigenvalue weighted by atomic mass is 10.4. The van der Waals surface area contributed by atoms with Crippen LogP contribution in [0, 0.1) is 0 Å². The predicted molar refractivity (Wildman–Crippen MR) is 50.3 cm³/mol. The molecule has 0 amide bonds. The third-order valence-electron chi connectivity index (χ3n) is 1.64. The molecular formula is C8H10F2N2O2S. The first-order valence-electron chi connectivity index (χ1n) is 4.14. The number of sulfonamides is 1. The topological polar surface area (TPSA) is 59.1 Å². The Labute approximate surface area is 86.4 Å². The average molecular weight is 236 g/mol. The van der Waals surface area contributed by atoms with E-state index in [0.717, 1.165) is 6.20 Å². The maximum absolute atomic E-state index is 12.1. The fraction of sp³-hybridized carbons (Fsp3) is 0.375. The smallest absolute Gasteiger partial charge is 0.242 e. The molecule has 0 aliphatic rings. The van der Waals surface area contributed by atoms with Gasteiger partial charge >= 0.3 is 0 Å². The molecule has 0 saturated carbocycles. The molecule has 0 unspecified atom stereocenters. The normalized spacial score (nSPS) is 11.9. The van der Waals surface area contributed by atoms with Crippen molar-refractivity contribution in [3.05, 3.63) is 24.5 Å². The summed E-state index contributed by atoms with van der Waals surface area (Å²) in [6.45, 7) is -2.17. The largest absolute Gasteiger partial charge is 0.263 e. The number of rotatable bonds is 5. The van der Waals surface area contributed by atoms with E-state index in [9.17, 15) is 17.2 Å². The minimum atomic E-state index is -3.88. The number of nitrogens with one attached hydrogen (secondary N) is 1. The molecule has 1 rings (SSSR count). The molecule has 1 N–H and O–H groups in total. The second-order valence-corrected chi connectivity index (χ2v) is 4.53. The molecule has 15 heavy (non-hydrogen) atoms. The average Bonchev–Trinajstić information content (AvgIpc) is 2.27. The summed E-state index contributed by atoms with van der Waals surface area (Å²) in [5.74, 6) is 0. The molecule has 0 aliphatic carbocycles. The lowest BCUT2D eigenvalue weighted by Gasteiger charge is -2.11. The molecule has 0 fully saturated rings. The summed E-state index contributed by atoms with van der Waals surface area (Å²) < 4.78 is 49.1. The molecular weight excluding hydrogens is 226 g/mol. The van der Waals surface area contributed by atoms with Gasteiger partial charge < -0.3 is 0 Å². The van der Waals surface area contributed by atoms with Crippen molar-refractivity contribution in [3.8, 4) is 0 Å². The highest BCUT2D eigenvalue weighted by Gasteiger charge is 2.19. The molecule has 1 aromatic heterocycles. The highest BCUT2D eigenvalue weighted by atomic mass is 32.2. The summed E-state index contributed by atoms with van der Waals surface area (Å²) in [4.78, 5) is 3.49. The van der Waals surface area contributed by atoms with Crippen LogP contribution in [-0.2, 0) is 10.0 Å². The second-order valence-electron chi connectivity index (χ2n) is 2.82. The summed E-state index contributed by atoms with van der Waals surface area (Å²) >= 11 is 0. The van der Waals surface area contributed by atoms with E-state index >= 15 is 0 Å². The van der Waals surface area contributed by atoms with Gasteiger partial charge in [0.05, 0.1) is 6.04 Å². The molecule has 7 heteroatoms. The Bertz CT molecular complexity index is 392. The zero-order valence-corrected chi connectivity index (χ0v) is 8.55. The van der Waals surface area contributed by atoms with E-state index in [1.807, 2.05) is 4.72 Å². The molecule has 0 saturated heterocycles. The van der Waals surface area contributed by atoms with Crippen LogP contribution in [0.5, 0.6) is 0 Å². The molecule has 0 aliphatic heterocycles. The standard InChI is InChI=1S/C8H10F2N2O2S/c9-4-7(5-10)12-15(13,14)8-2-1-3-11-6-8/h1-3,6-7,12H,4-5H2. The summed E-state index contributed by atoms with van der Waals surface area (Å²) in [6.07, 6.45) is 2.51. The molecule has 0 bridgehead atoms. The van der Waals surface area contributed by atoms with Crippen LogP contribution < -0.4 is 4.72 Å². The van der Waals surface area contributed by atoms with Crippen molar-refractivity contribution in [1.29, 1.82) is 0 Å². The first-order valence-corrected chi connectivity index (χ1v) is 5.62. The van der Waals surface area contributed by atoms with Gasteiger partial charge in [-0.2, -0.15) is 0 Å². The third kappa shape index (κ3) is 3.21. The monoisotopic (exact) mass is 236 g/mol. The highest BCUT2D eigenvalue weighted by Crippen LogP contribution is 2.06. The third-order valence-corrected chi connectivity index (χ3v) is 3.14. The zero-order chi connectivity index (χ0) is 11.3. The number of nitrogens with zero attached hydrogens (tertiary/aromatic N) is 1. The molecule has 0 aromatic carbocycles. The quantitative estimate of drug-likeness (QED) is 0.817. The lowest BCUT2D eigenvalue weighted by molar-refractivity contribution is 0.334. The Balaban J connectivity index is 2.85. The molecule has 0 atom stereocenters. The maximum atomic E-state index is 12.1. The summed E-state index contributed by atoms with van der Waals surface area (Å²) in [5, 5.41) is 0. The van der Waals surface area contributed by atoms with Crippen LogP contribution in [0.25, 0.3) is 0 Å². The van der Waals surface area contributed by atoms with Gasteiger partial charge in [0.2, 0.25) is 10.0 Å². The van der Waals surface area contributed by atoms with Gasteiger partial charge in [0.15, 0.2) is 0 Å². The van der Waals surface area contributed by atoms with Gasteiger partial charge in [-0.3, -0.25) is 4.98 Å². The predicted octanol–water partition coefficient (Wildman–Crippen LogP) is 0.668. The van der Waals surface area contributed by atoms with Gasteiger partial charge in [-0.25, -0.2) is 21.9 Å². The van der Waals surface area contributed by atoms with Crippen molar-refractivity contribution in [3.63, 3.8) is 0 Å². The number of pyridine rings is 1. The van der Waals surface area contributed by atoms with Crippen molar-refractivity contribution >= 4 is 10.0 Å². The van der Waals surface area contributed by atoms with Crippen LogP contribution in [0.4, 0.5) is 8.78 Å². The maximum Gasteiger partial charge on any atom is 0.242 e. The fourth-order valence-electron chi connectivity index (χ4n) is 0.898. The first-order chi connectivity index (χ1) is 7.10. The van der Waals surface area contributed by atoms with Crippen LogP contribution in [0.15, 0.2) is 29.4 Å². The van der Waals surface area contributed by atoms with Gasteiger partial charge in [-0.05, 0) is 12.1 Å². The number of halogens is 2. The van der Waals surface area contributed by atoms with Crippen LogP contribution in [0.1, 0.15) is 0 Å². The van der Waals surface area contributed by atoms with E-state index in [0.29, 0.717) is 0 Å². The number of aromatic nitrogens is 1. The number of hydrogen-bond acceptors (Lipinski definition) is 3. The Hall–Kier alpha value is -1.08. The van der Waals surface area contributed by atoms with Crippen LogP contribution in [-0.4, -0.2) is 32.8 Å². The molecule has 84 valence electrons. The van der Waals surface area contributed by atoms with Gasteiger partial charge in [0, 0.05) is 12.4 Å². The number of alkyl halides is 2. The van der Waals surface area contributed by atoms with E-state index in [1.54, 1.807) is 0 Å². The molecule has 0 radical (unpaired) electrons. The Morgan fingerprint density at radius 1 is 1.40 bits per heavy atom. The fourth-order valence-corrected chi connectivity index (χ4v) is 2.06. The van der Waals surface area contributed by atoms with E-state index in [1.165, 1.54) is 18.3 Å². The summed E-state index contributed by atoms with van der Waals surface area (Å²) in [7, 11) is -3.88. The van der Waals surface area contributed by atoms with Crippen molar-refractivity contribution in [2.75, 3.05) is 13.3 Å². The van der Waals surface area contributed by atoms with Crippen molar-refractivity contribution in [2.45, 2.75) is 10.9 Å². The summed E-state index contributed by atoms with van der Waals surface area (Å²) in [6, 6.07) is 1.38. The van der Waals surface area contributed by atoms with Crippen LogP contribution in [0.2, 0.25) is 0 Å². The minimum Gasteiger partial charge on any atom is -0.263 e. The van der Waals surface area contributed by atoms with Gasteiger partial charge in [-0.1, -0.05) is 0 Å². The molecule has 0 spiro atoms. The van der Waals surface area contributed by atoms with Crippen LogP contribution in [0.3, 0.4) is 0 Å². The van der Waals surface area contributed by atoms with Crippen LogP contribution >= 0.6 is 0 Å². The SMILES string of the molecule is O=S(=O)(NC(CF)CF)c1cccnc1. The Morgan fingerprint density at radius 2 is 2.07 bits per heavy atom. The zero-order valence-electron chi connectivity index (χ0n) is 7.73. The van der Waals surface area contributed by atoms with E-state index in [-0.39, 0.29) is 4.90 Å². The first kappa shape index (κ1) is 12.0. The van der Waals surface area contributed by atoms with Gasteiger partial charge in [-0.15, -0.1) is 0 Å². The second kappa shape index (κ2) is 5.13. The summed E-state index contributed by atoms with van der Waals surface area (Å²) in [5.41, 5.74) is 0. The minimum absolute atomic E-state index is 0.114. The van der Waals surface area contributed by atoms with Gasteiger partial charge in [0.25, 0.3) is 0 Å². The Kier molecular flexibility index (Phi) is 4.10. The van der Waals surface area contributed by atoms with E-state index in [4.69, 9.17) is 0 Å².